The van der Waals surface area contributed by atoms with Crippen LogP contribution >= 0.6 is 0 Å². The molecule has 0 unspecified atom stereocenters. The van der Waals surface area contributed by atoms with Crippen LogP contribution in [0.2, 0.25) is 0 Å². The van der Waals surface area contributed by atoms with Crippen molar-refractivity contribution in [2.75, 3.05) is 21.3 Å². The lowest BCUT2D eigenvalue weighted by Gasteiger charge is -2.09. The van der Waals surface area contributed by atoms with E-state index in [0.29, 0.717) is 17.1 Å². The third-order valence-electron chi connectivity index (χ3n) is 3.71. The fraction of sp³-hybridized carbons (Fsp3) is 0.167. The summed E-state index contributed by atoms with van der Waals surface area (Å²) >= 11 is 0. The van der Waals surface area contributed by atoms with Gasteiger partial charge in [0, 0.05) is 23.2 Å². The van der Waals surface area contributed by atoms with Crippen LogP contribution in [0.5, 0.6) is 17.2 Å². The van der Waals surface area contributed by atoms with E-state index in [0.717, 1.165) is 16.7 Å². The Morgan fingerprint density at radius 3 is 2.09 bits per heavy atom. The number of rotatable bonds is 4. The predicted octanol–water partition coefficient (Wildman–Crippen LogP) is 3.36. The number of carbonyl (C=O) groups excluding carboxylic acids is 1. The van der Waals surface area contributed by atoms with Crippen LogP contribution in [0.3, 0.4) is 0 Å². The van der Waals surface area contributed by atoms with Crippen molar-refractivity contribution < 1.29 is 19.0 Å². The van der Waals surface area contributed by atoms with Crippen molar-refractivity contribution in [3.8, 4) is 17.2 Å². The number of aromatic nitrogens is 1. The molecule has 0 aliphatic heterocycles. The third-order valence-corrected chi connectivity index (χ3v) is 3.71. The Labute approximate surface area is 134 Å². The molecule has 1 heterocycles. The van der Waals surface area contributed by atoms with E-state index in [1.54, 1.807) is 50.3 Å². The molecule has 0 saturated heterocycles. The SMILES string of the molecule is COc1cc(OC)cc(C(=O)n2ccc3cc(OC)ccc32)c1. The number of nitrogens with zero attached hydrogens (tertiary/aromatic N) is 1. The monoisotopic (exact) mass is 311 g/mol. The molecule has 5 nitrogen and oxygen atoms in total. The molecule has 0 aliphatic carbocycles. The summed E-state index contributed by atoms with van der Waals surface area (Å²) in [6.07, 6.45) is 1.75. The Morgan fingerprint density at radius 1 is 0.826 bits per heavy atom. The molecule has 23 heavy (non-hydrogen) atoms. The molecule has 3 aromatic rings. The lowest BCUT2D eigenvalue weighted by molar-refractivity contribution is 0.0964. The standard InChI is InChI=1S/C18H17NO4/c1-21-14-4-5-17-12(8-14)6-7-19(17)18(20)13-9-15(22-2)11-16(10-13)23-3/h4-11H,1-3H3. The molecule has 3 rings (SSSR count). The molecule has 0 fully saturated rings. The highest BCUT2D eigenvalue weighted by Crippen LogP contribution is 2.26. The number of benzene rings is 2. The van der Waals surface area contributed by atoms with Gasteiger partial charge in [-0.2, -0.15) is 0 Å². The fourth-order valence-corrected chi connectivity index (χ4v) is 2.49. The summed E-state index contributed by atoms with van der Waals surface area (Å²) in [6.45, 7) is 0. The molecule has 0 bridgehead atoms. The van der Waals surface area contributed by atoms with Gasteiger partial charge in [0.05, 0.1) is 26.8 Å². The van der Waals surface area contributed by atoms with Gasteiger partial charge in [0.15, 0.2) is 0 Å². The van der Waals surface area contributed by atoms with Gasteiger partial charge in [0.2, 0.25) is 0 Å². The van der Waals surface area contributed by atoms with Crippen LogP contribution in [0.4, 0.5) is 0 Å². The second-order valence-corrected chi connectivity index (χ2v) is 5.02. The average Bonchev–Trinajstić information content (AvgIpc) is 3.03. The van der Waals surface area contributed by atoms with Gasteiger partial charge < -0.3 is 14.2 Å². The molecule has 0 N–H and O–H groups in total. The van der Waals surface area contributed by atoms with Crippen molar-refractivity contribution in [1.82, 2.24) is 4.57 Å². The maximum absolute atomic E-state index is 12.8. The molecule has 5 heteroatoms. The van der Waals surface area contributed by atoms with E-state index in [9.17, 15) is 4.79 Å². The summed E-state index contributed by atoms with van der Waals surface area (Å²) in [7, 11) is 4.73. The number of carbonyl (C=O) groups is 1. The fourth-order valence-electron chi connectivity index (χ4n) is 2.49. The smallest absolute Gasteiger partial charge is 0.262 e. The third kappa shape index (κ3) is 2.73. The maximum Gasteiger partial charge on any atom is 0.262 e. The second kappa shape index (κ2) is 6.04. The Bertz CT molecular complexity index is 844. The van der Waals surface area contributed by atoms with Crippen LogP contribution in [-0.2, 0) is 0 Å². The first kappa shape index (κ1) is 15.0. The van der Waals surface area contributed by atoms with Crippen molar-refractivity contribution in [2.24, 2.45) is 0 Å². The number of methoxy groups -OCH3 is 3. The minimum Gasteiger partial charge on any atom is -0.497 e. The molecule has 0 aliphatic rings. The van der Waals surface area contributed by atoms with Gasteiger partial charge in [0.25, 0.3) is 5.91 Å². The van der Waals surface area contributed by atoms with Crippen LogP contribution in [0.1, 0.15) is 10.4 Å². The summed E-state index contributed by atoms with van der Waals surface area (Å²) in [5.41, 5.74) is 1.31. The normalized spacial score (nSPS) is 10.6. The summed E-state index contributed by atoms with van der Waals surface area (Å²) in [4.78, 5) is 12.8. The maximum atomic E-state index is 12.8. The van der Waals surface area contributed by atoms with Crippen molar-refractivity contribution >= 4 is 16.8 Å². The van der Waals surface area contributed by atoms with Crippen molar-refractivity contribution in [1.29, 1.82) is 0 Å². The van der Waals surface area contributed by atoms with Crippen molar-refractivity contribution in [3.05, 3.63) is 54.2 Å². The average molecular weight is 311 g/mol. The van der Waals surface area contributed by atoms with E-state index in [2.05, 4.69) is 0 Å². The molecular formula is C18H17NO4. The Kier molecular flexibility index (Phi) is 3.93. The Balaban J connectivity index is 2.07. The number of hydrogen-bond donors (Lipinski definition) is 0. The van der Waals surface area contributed by atoms with Gasteiger partial charge in [0.1, 0.15) is 17.2 Å². The zero-order chi connectivity index (χ0) is 16.4. The highest BCUT2D eigenvalue weighted by atomic mass is 16.5. The van der Waals surface area contributed by atoms with Crippen LogP contribution in [0.15, 0.2) is 48.7 Å². The van der Waals surface area contributed by atoms with Gasteiger partial charge in [-0.1, -0.05) is 0 Å². The minimum absolute atomic E-state index is 0.151. The molecule has 118 valence electrons. The van der Waals surface area contributed by atoms with E-state index in [4.69, 9.17) is 14.2 Å². The first-order valence-corrected chi connectivity index (χ1v) is 7.09. The Morgan fingerprint density at radius 2 is 1.48 bits per heavy atom. The number of hydrogen-bond acceptors (Lipinski definition) is 4. The zero-order valence-corrected chi connectivity index (χ0v) is 13.2. The molecule has 0 spiro atoms. The topological polar surface area (TPSA) is 49.7 Å². The quantitative estimate of drug-likeness (QED) is 0.741. The summed E-state index contributed by atoms with van der Waals surface area (Å²) in [6, 6.07) is 12.6. The van der Waals surface area contributed by atoms with Crippen LogP contribution in [0.25, 0.3) is 10.9 Å². The molecule has 0 amide bonds. The Hall–Kier alpha value is -2.95. The van der Waals surface area contributed by atoms with E-state index in [-0.39, 0.29) is 5.91 Å². The van der Waals surface area contributed by atoms with Gasteiger partial charge in [-0.25, -0.2) is 0 Å². The van der Waals surface area contributed by atoms with E-state index < -0.39 is 0 Å². The lowest BCUT2D eigenvalue weighted by atomic mass is 10.1. The number of ether oxygens (including phenoxy) is 3. The second-order valence-electron chi connectivity index (χ2n) is 5.02. The van der Waals surface area contributed by atoms with E-state index >= 15 is 0 Å². The molecule has 0 radical (unpaired) electrons. The minimum atomic E-state index is -0.151. The zero-order valence-electron chi connectivity index (χ0n) is 13.2. The van der Waals surface area contributed by atoms with Gasteiger partial charge in [-0.3, -0.25) is 9.36 Å². The van der Waals surface area contributed by atoms with Gasteiger partial charge >= 0.3 is 0 Å². The largest absolute Gasteiger partial charge is 0.497 e. The number of fused-ring (bicyclic) bond motifs is 1. The molecule has 2 aromatic carbocycles. The lowest BCUT2D eigenvalue weighted by Crippen LogP contribution is -2.11. The van der Waals surface area contributed by atoms with Crippen LogP contribution < -0.4 is 14.2 Å². The van der Waals surface area contributed by atoms with E-state index in [1.807, 2.05) is 24.3 Å². The van der Waals surface area contributed by atoms with Crippen molar-refractivity contribution in [3.63, 3.8) is 0 Å². The van der Waals surface area contributed by atoms with Gasteiger partial charge in [-0.05, 0) is 36.4 Å². The highest BCUT2D eigenvalue weighted by molar-refractivity contribution is 6.02. The first-order valence-electron chi connectivity index (χ1n) is 7.09. The first-order chi connectivity index (χ1) is 11.2. The molecular weight excluding hydrogens is 294 g/mol. The molecule has 1 aromatic heterocycles. The summed E-state index contributed by atoms with van der Waals surface area (Å²) in [5.74, 6) is 1.75. The highest BCUT2D eigenvalue weighted by Gasteiger charge is 2.14. The molecule has 0 saturated carbocycles. The van der Waals surface area contributed by atoms with Gasteiger partial charge in [-0.15, -0.1) is 0 Å². The molecule has 0 atom stereocenters. The van der Waals surface area contributed by atoms with E-state index in [1.165, 1.54) is 0 Å². The predicted molar refractivity (Wildman–Crippen MR) is 87.8 cm³/mol. The van der Waals surface area contributed by atoms with Crippen LogP contribution in [-0.4, -0.2) is 31.8 Å². The van der Waals surface area contributed by atoms with Crippen molar-refractivity contribution in [2.45, 2.75) is 0 Å². The van der Waals surface area contributed by atoms with Crippen LogP contribution in [0, 0.1) is 0 Å². The summed E-state index contributed by atoms with van der Waals surface area (Å²) in [5, 5.41) is 0.938. The summed E-state index contributed by atoms with van der Waals surface area (Å²) < 4.78 is 17.3.